The average molecular weight is 298 g/mol. The van der Waals surface area contributed by atoms with Crippen LogP contribution in [0.3, 0.4) is 0 Å². The summed E-state index contributed by atoms with van der Waals surface area (Å²) in [5, 5.41) is 3.05. The van der Waals surface area contributed by atoms with Crippen LogP contribution in [0.2, 0.25) is 0 Å². The standard InChI is InChI=1S/C11H12BrN3S/c1-2-15(11-14-10(12)8-16-11)7-9-3-5-13-6-4-9/h3-6,8H,2,7H2,1H3. The molecule has 2 aromatic rings. The molecule has 0 aliphatic rings. The lowest BCUT2D eigenvalue weighted by atomic mass is 10.2. The molecule has 0 aliphatic carbocycles. The van der Waals surface area contributed by atoms with Crippen LogP contribution in [-0.4, -0.2) is 16.5 Å². The van der Waals surface area contributed by atoms with Crippen molar-refractivity contribution in [2.24, 2.45) is 0 Å². The van der Waals surface area contributed by atoms with Crippen molar-refractivity contribution >= 4 is 32.4 Å². The van der Waals surface area contributed by atoms with Gasteiger partial charge in [-0.05, 0) is 40.5 Å². The summed E-state index contributed by atoms with van der Waals surface area (Å²) < 4.78 is 0.903. The Kier molecular flexibility index (Phi) is 3.90. The summed E-state index contributed by atoms with van der Waals surface area (Å²) in [5.41, 5.74) is 1.25. The Morgan fingerprint density at radius 2 is 2.12 bits per heavy atom. The third kappa shape index (κ3) is 2.80. The van der Waals surface area contributed by atoms with Crippen molar-refractivity contribution in [3.05, 3.63) is 40.1 Å². The van der Waals surface area contributed by atoms with E-state index in [-0.39, 0.29) is 0 Å². The van der Waals surface area contributed by atoms with Crippen LogP contribution in [0, 0.1) is 0 Å². The maximum Gasteiger partial charge on any atom is 0.186 e. The first kappa shape index (κ1) is 11.5. The van der Waals surface area contributed by atoms with Crippen LogP contribution in [0.15, 0.2) is 34.5 Å². The van der Waals surface area contributed by atoms with Gasteiger partial charge in [-0.25, -0.2) is 4.98 Å². The van der Waals surface area contributed by atoms with Crippen molar-refractivity contribution in [2.45, 2.75) is 13.5 Å². The van der Waals surface area contributed by atoms with Crippen LogP contribution in [0.25, 0.3) is 0 Å². The molecule has 0 unspecified atom stereocenters. The quantitative estimate of drug-likeness (QED) is 0.867. The molecule has 0 fully saturated rings. The molecule has 2 heterocycles. The lowest BCUT2D eigenvalue weighted by Crippen LogP contribution is -2.21. The van der Waals surface area contributed by atoms with Gasteiger partial charge in [-0.15, -0.1) is 11.3 Å². The minimum atomic E-state index is 0.874. The highest BCUT2D eigenvalue weighted by Crippen LogP contribution is 2.24. The number of hydrogen-bond acceptors (Lipinski definition) is 4. The predicted octanol–water partition coefficient (Wildman–Crippen LogP) is 3.33. The highest BCUT2D eigenvalue weighted by atomic mass is 79.9. The van der Waals surface area contributed by atoms with Gasteiger partial charge in [-0.1, -0.05) is 0 Å². The number of anilines is 1. The van der Waals surface area contributed by atoms with E-state index in [1.54, 1.807) is 11.3 Å². The molecule has 3 nitrogen and oxygen atoms in total. The van der Waals surface area contributed by atoms with Crippen LogP contribution in [0.4, 0.5) is 5.13 Å². The normalized spacial score (nSPS) is 10.4. The van der Waals surface area contributed by atoms with Crippen LogP contribution in [-0.2, 0) is 6.54 Å². The van der Waals surface area contributed by atoms with E-state index in [9.17, 15) is 0 Å². The molecule has 0 aromatic carbocycles. The van der Waals surface area contributed by atoms with Gasteiger partial charge >= 0.3 is 0 Å². The van der Waals surface area contributed by atoms with Gasteiger partial charge in [-0.3, -0.25) is 4.98 Å². The molecule has 0 aliphatic heterocycles. The number of nitrogens with zero attached hydrogens (tertiary/aromatic N) is 3. The van der Waals surface area contributed by atoms with Crippen molar-refractivity contribution in [3.8, 4) is 0 Å². The molecule has 0 saturated carbocycles. The Balaban J connectivity index is 2.12. The van der Waals surface area contributed by atoms with E-state index in [2.05, 4.69) is 37.7 Å². The van der Waals surface area contributed by atoms with Gasteiger partial charge in [0.05, 0.1) is 0 Å². The largest absolute Gasteiger partial charge is 0.344 e. The highest BCUT2D eigenvalue weighted by molar-refractivity contribution is 9.10. The molecule has 2 aromatic heterocycles. The molecule has 0 saturated heterocycles. The zero-order chi connectivity index (χ0) is 11.4. The van der Waals surface area contributed by atoms with Gasteiger partial charge in [0.25, 0.3) is 0 Å². The molecule has 0 radical (unpaired) electrons. The predicted molar refractivity (Wildman–Crippen MR) is 70.8 cm³/mol. The molecular formula is C11H12BrN3S. The number of thiazole rings is 1. The summed E-state index contributed by atoms with van der Waals surface area (Å²) in [4.78, 5) is 10.7. The molecule has 16 heavy (non-hydrogen) atoms. The Labute approximate surface area is 107 Å². The van der Waals surface area contributed by atoms with Crippen LogP contribution in [0.5, 0.6) is 0 Å². The monoisotopic (exact) mass is 297 g/mol. The summed E-state index contributed by atoms with van der Waals surface area (Å²) in [7, 11) is 0. The molecule has 2 rings (SSSR count). The minimum Gasteiger partial charge on any atom is -0.344 e. The second-order valence-electron chi connectivity index (χ2n) is 3.32. The van der Waals surface area contributed by atoms with E-state index in [1.165, 1.54) is 5.56 Å². The van der Waals surface area contributed by atoms with E-state index < -0.39 is 0 Å². The van der Waals surface area contributed by atoms with Gasteiger partial charge in [0.15, 0.2) is 5.13 Å². The van der Waals surface area contributed by atoms with Gasteiger partial charge in [0.2, 0.25) is 0 Å². The molecule has 0 amide bonds. The topological polar surface area (TPSA) is 29.0 Å². The molecule has 0 atom stereocenters. The second-order valence-corrected chi connectivity index (χ2v) is 4.97. The molecule has 0 spiro atoms. The molecule has 84 valence electrons. The number of pyridine rings is 1. The SMILES string of the molecule is CCN(Cc1ccncc1)c1nc(Br)cs1. The fourth-order valence-corrected chi connectivity index (χ4v) is 2.73. The Morgan fingerprint density at radius 3 is 2.69 bits per heavy atom. The third-order valence-corrected chi connectivity index (χ3v) is 3.85. The zero-order valence-corrected chi connectivity index (χ0v) is 11.3. The summed E-state index contributed by atoms with van der Waals surface area (Å²) >= 11 is 5.03. The van der Waals surface area contributed by atoms with Gasteiger partial charge in [0.1, 0.15) is 4.60 Å². The van der Waals surface area contributed by atoms with E-state index in [0.717, 1.165) is 22.8 Å². The van der Waals surface area contributed by atoms with E-state index >= 15 is 0 Å². The lowest BCUT2D eigenvalue weighted by Gasteiger charge is -2.19. The first-order valence-corrected chi connectivity index (χ1v) is 6.71. The second kappa shape index (κ2) is 5.41. The first-order chi connectivity index (χ1) is 7.79. The molecular weight excluding hydrogens is 286 g/mol. The van der Waals surface area contributed by atoms with Crippen molar-refractivity contribution in [1.82, 2.24) is 9.97 Å². The van der Waals surface area contributed by atoms with E-state index in [0.29, 0.717) is 0 Å². The zero-order valence-electron chi connectivity index (χ0n) is 8.93. The number of rotatable bonds is 4. The Bertz CT molecular complexity index is 444. The Hall–Kier alpha value is -0.940. The van der Waals surface area contributed by atoms with Gasteiger partial charge < -0.3 is 4.90 Å². The van der Waals surface area contributed by atoms with Crippen molar-refractivity contribution in [1.29, 1.82) is 0 Å². The maximum atomic E-state index is 4.42. The fourth-order valence-electron chi connectivity index (χ4n) is 1.41. The fraction of sp³-hybridized carbons (Fsp3) is 0.273. The summed E-state index contributed by atoms with van der Waals surface area (Å²) in [6, 6.07) is 4.07. The van der Waals surface area contributed by atoms with Crippen LogP contribution < -0.4 is 4.90 Å². The minimum absolute atomic E-state index is 0.874. The van der Waals surface area contributed by atoms with Crippen molar-refractivity contribution in [3.63, 3.8) is 0 Å². The van der Waals surface area contributed by atoms with Gasteiger partial charge in [0, 0.05) is 30.9 Å². The molecule has 5 heteroatoms. The number of hydrogen-bond donors (Lipinski definition) is 0. The molecule has 0 bridgehead atoms. The Morgan fingerprint density at radius 1 is 1.38 bits per heavy atom. The van der Waals surface area contributed by atoms with Crippen molar-refractivity contribution in [2.75, 3.05) is 11.4 Å². The summed E-state index contributed by atoms with van der Waals surface area (Å²) in [6.07, 6.45) is 3.64. The first-order valence-electron chi connectivity index (χ1n) is 5.04. The summed E-state index contributed by atoms with van der Waals surface area (Å²) in [6.45, 7) is 3.96. The number of aromatic nitrogens is 2. The maximum absolute atomic E-state index is 4.42. The van der Waals surface area contributed by atoms with Crippen molar-refractivity contribution < 1.29 is 0 Å². The van der Waals surface area contributed by atoms with Gasteiger partial charge in [-0.2, -0.15) is 0 Å². The van der Waals surface area contributed by atoms with Crippen LogP contribution >= 0.6 is 27.3 Å². The molecule has 0 N–H and O–H groups in total. The van der Waals surface area contributed by atoms with Crippen LogP contribution in [0.1, 0.15) is 12.5 Å². The smallest absolute Gasteiger partial charge is 0.186 e. The third-order valence-electron chi connectivity index (χ3n) is 2.24. The number of halogens is 1. The summed E-state index contributed by atoms with van der Waals surface area (Å²) in [5.74, 6) is 0. The van der Waals surface area contributed by atoms with E-state index in [4.69, 9.17) is 0 Å². The highest BCUT2D eigenvalue weighted by Gasteiger charge is 2.08. The average Bonchev–Trinajstić information content (AvgIpc) is 2.74. The lowest BCUT2D eigenvalue weighted by molar-refractivity contribution is 0.824. The van der Waals surface area contributed by atoms with E-state index in [1.807, 2.05) is 29.9 Å².